The minimum absolute atomic E-state index is 0.225. The van der Waals surface area contributed by atoms with Crippen LogP contribution in [-0.2, 0) is 23.3 Å². The molecule has 0 bridgehead atoms. The van der Waals surface area contributed by atoms with Crippen LogP contribution < -0.4 is 0 Å². The van der Waals surface area contributed by atoms with Gasteiger partial charge in [0.1, 0.15) is 0 Å². The molecular formula is C15H33N3O5SSi. The number of azide groups is 1. The molecule has 0 aromatic heterocycles. The van der Waals surface area contributed by atoms with E-state index in [1.807, 2.05) is 0 Å². The Kier molecular flexibility index (Phi) is 14.1. The molecule has 0 saturated heterocycles. The van der Waals surface area contributed by atoms with Crippen molar-refractivity contribution in [3.05, 3.63) is 10.4 Å². The summed E-state index contributed by atoms with van der Waals surface area (Å²) in [5.74, 6) is -0.225. The molecule has 148 valence electrons. The second-order valence-corrected chi connectivity index (χ2v) is 10.3. The van der Waals surface area contributed by atoms with Crippen LogP contribution in [0.1, 0.15) is 65.7 Å². The van der Waals surface area contributed by atoms with E-state index in [0.717, 1.165) is 38.5 Å². The Morgan fingerprint density at radius 2 is 1.32 bits per heavy atom. The number of unbranched alkanes of at least 4 members (excludes halogenated alkanes) is 3. The molecule has 10 heteroatoms. The number of hydrogen-bond donors (Lipinski definition) is 0. The quantitative estimate of drug-likeness (QED) is 0.119. The van der Waals surface area contributed by atoms with Gasteiger partial charge in [-0.2, -0.15) is 0 Å². The summed E-state index contributed by atoms with van der Waals surface area (Å²) < 4.78 is 44.1. The van der Waals surface area contributed by atoms with Crippen LogP contribution >= 0.6 is 0 Å². The van der Waals surface area contributed by atoms with E-state index >= 15 is 0 Å². The van der Waals surface area contributed by atoms with Crippen molar-refractivity contribution < 1.29 is 21.7 Å². The average molecular weight is 396 g/mol. The molecule has 25 heavy (non-hydrogen) atoms. The third-order valence-corrected chi connectivity index (χ3v) is 7.53. The Hall–Kier alpha value is -0.643. The van der Waals surface area contributed by atoms with Crippen LogP contribution in [-0.4, -0.2) is 42.8 Å². The molecule has 0 unspecified atom stereocenters. The van der Waals surface area contributed by atoms with Crippen molar-refractivity contribution in [2.45, 2.75) is 71.8 Å². The van der Waals surface area contributed by atoms with Gasteiger partial charge in [0, 0.05) is 35.3 Å². The van der Waals surface area contributed by atoms with Crippen LogP contribution in [0.3, 0.4) is 0 Å². The van der Waals surface area contributed by atoms with E-state index in [1.54, 1.807) is 0 Å². The van der Waals surface area contributed by atoms with Gasteiger partial charge in [0.2, 0.25) is 10.0 Å². The number of sulfonamides is 1. The van der Waals surface area contributed by atoms with Crippen LogP contribution in [0.2, 0.25) is 6.04 Å². The highest BCUT2D eigenvalue weighted by atomic mass is 32.2. The fraction of sp³-hybridized carbons (Fsp3) is 1.00. The minimum atomic E-state index is -3.77. The molecule has 0 aliphatic heterocycles. The first-order chi connectivity index (χ1) is 11.9. The van der Waals surface area contributed by atoms with E-state index in [-0.39, 0.29) is 12.2 Å². The summed E-state index contributed by atoms with van der Waals surface area (Å²) in [5, 5.41) is 0. The molecule has 0 amide bonds. The summed E-state index contributed by atoms with van der Waals surface area (Å²) in [5.41, 5.74) is 8.30. The fourth-order valence-corrected chi connectivity index (χ4v) is 5.64. The van der Waals surface area contributed by atoms with Gasteiger partial charge in [-0.3, -0.25) is 0 Å². The summed E-state index contributed by atoms with van der Waals surface area (Å²) in [4.78, 5) is 2.36. The first kappa shape index (κ1) is 24.4. The maximum atomic E-state index is 11.6. The zero-order valence-electron chi connectivity index (χ0n) is 15.8. The van der Waals surface area contributed by atoms with Crippen molar-refractivity contribution in [1.29, 1.82) is 0 Å². The second kappa shape index (κ2) is 14.5. The predicted octanol–water partition coefficient (Wildman–Crippen LogP) is 4.41. The van der Waals surface area contributed by atoms with Crippen molar-refractivity contribution in [3.8, 4) is 0 Å². The van der Waals surface area contributed by atoms with E-state index in [1.165, 1.54) is 0 Å². The van der Waals surface area contributed by atoms with E-state index in [4.69, 9.17) is 18.8 Å². The third-order valence-electron chi connectivity index (χ3n) is 3.51. The van der Waals surface area contributed by atoms with Gasteiger partial charge in [-0.1, -0.05) is 40.0 Å². The molecule has 0 rings (SSSR count). The number of nitrogens with zero attached hydrogens (tertiary/aromatic N) is 3. The summed E-state index contributed by atoms with van der Waals surface area (Å²) in [6, 6.07) is 0.407. The highest BCUT2D eigenvalue weighted by Gasteiger charge is 2.40. The van der Waals surface area contributed by atoms with Gasteiger partial charge in [-0.25, -0.2) is 8.42 Å². The first-order valence-electron chi connectivity index (χ1n) is 9.16. The van der Waals surface area contributed by atoms with Gasteiger partial charge in [-0.15, -0.1) is 0 Å². The monoisotopic (exact) mass is 395 g/mol. The van der Waals surface area contributed by atoms with Crippen molar-refractivity contribution in [2.24, 2.45) is 4.52 Å². The smallest absolute Gasteiger partial charge is 0.373 e. The lowest BCUT2D eigenvalue weighted by molar-refractivity contribution is 0.0562. The predicted molar refractivity (Wildman–Crippen MR) is 101 cm³/mol. The van der Waals surface area contributed by atoms with E-state index in [2.05, 4.69) is 30.2 Å². The van der Waals surface area contributed by atoms with E-state index < -0.39 is 18.8 Å². The van der Waals surface area contributed by atoms with E-state index in [0.29, 0.717) is 25.9 Å². The summed E-state index contributed by atoms with van der Waals surface area (Å²) in [6.45, 7) is 7.87. The van der Waals surface area contributed by atoms with Crippen LogP contribution in [0, 0.1) is 0 Å². The van der Waals surface area contributed by atoms with Gasteiger partial charge in [0.05, 0.1) is 5.75 Å². The SMILES string of the molecule is CCCCO[Si](CCCS(=O)(=O)N=[N+]=[N-])(OCCCC)OCCCC. The number of hydrogen-bond acceptors (Lipinski definition) is 5. The highest BCUT2D eigenvalue weighted by molar-refractivity contribution is 7.89. The zero-order chi connectivity index (χ0) is 19.0. The molecule has 0 aliphatic carbocycles. The first-order valence-corrected chi connectivity index (χ1v) is 12.7. The van der Waals surface area contributed by atoms with Crippen molar-refractivity contribution in [2.75, 3.05) is 25.6 Å². The Morgan fingerprint density at radius 1 is 0.880 bits per heavy atom. The van der Waals surface area contributed by atoms with Crippen LogP contribution in [0.25, 0.3) is 10.4 Å². The maximum absolute atomic E-state index is 11.6. The molecule has 0 N–H and O–H groups in total. The van der Waals surface area contributed by atoms with Gasteiger partial charge < -0.3 is 13.3 Å². The molecular weight excluding hydrogens is 362 g/mol. The Bertz CT molecular complexity index is 457. The van der Waals surface area contributed by atoms with Gasteiger partial charge in [-0.05, 0) is 31.2 Å². The molecule has 0 aliphatic rings. The van der Waals surface area contributed by atoms with E-state index in [9.17, 15) is 8.42 Å². The lowest BCUT2D eigenvalue weighted by Gasteiger charge is -2.30. The summed E-state index contributed by atoms with van der Waals surface area (Å²) >= 11 is 0. The molecule has 0 fully saturated rings. The summed E-state index contributed by atoms with van der Waals surface area (Å²) in [6.07, 6.45) is 6.00. The molecule has 0 radical (unpaired) electrons. The maximum Gasteiger partial charge on any atom is 0.500 e. The Labute approximate surface area is 153 Å². The van der Waals surface area contributed by atoms with Crippen molar-refractivity contribution in [1.82, 2.24) is 0 Å². The van der Waals surface area contributed by atoms with Crippen molar-refractivity contribution in [3.63, 3.8) is 0 Å². The van der Waals surface area contributed by atoms with Crippen LogP contribution in [0.5, 0.6) is 0 Å². The summed E-state index contributed by atoms with van der Waals surface area (Å²) in [7, 11) is -6.69. The van der Waals surface area contributed by atoms with Gasteiger partial charge in [0.15, 0.2) is 0 Å². The fourth-order valence-electron chi connectivity index (χ4n) is 2.03. The molecule has 8 nitrogen and oxygen atoms in total. The molecule has 0 spiro atoms. The minimum Gasteiger partial charge on any atom is -0.373 e. The molecule has 0 aromatic rings. The third kappa shape index (κ3) is 12.4. The standard InChI is InChI=1S/C15H33N3O5SSi/c1-4-7-11-21-25(22-12-8-5-2,23-13-9-6-3)15-10-14-24(19,20)18-17-16/h4-15H2,1-3H3. The van der Waals surface area contributed by atoms with Crippen LogP contribution in [0.4, 0.5) is 0 Å². The van der Waals surface area contributed by atoms with Gasteiger partial charge in [0.25, 0.3) is 0 Å². The molecule has 0 aromatic carbocycles. The lowest BCUT2D eigenvalue weighted by atomic mass is 10.4. The molecule has 0 heterocycles. The normalized spacial score (nSPS) is 12.1. The van der Waals surface area contributed by atoms with Crippen molar-refractivity contribution >= 4 is 18.8 Å². The Balaban J connectivity index is 4.94. The van der Waals surface area contributed by atoms with Crippen LogP contribution in [0.15, 0.2) is 4.52 Å². The average Bonchev–Trinajstić information content (AvgIpc) is 2.55. The van der Waals surface area contributed by atoms with Gasteiger partial charge >= 0.3 is 8.80 Å². The largest absolute Gasteiger partial charge is 0.500 e. The number of rotatable bonds is 17. The molecule has 0 atom stereocenters. The Morgan fingerprint density at radius 3 is 1.68 bits per heavy atom. The topological polar surface area (TPSA) is 111 Å². The second-order valence-electron chi connectivity index (χ2n) is 5.85. The molecule has 0 saturated carbocycles. The highest BCUT2D eigenvalue weighted by Crippen LogP contribution is 2.21. The lowest BCUT2D eigenvalue weighted by Crippen LogP contribution is -2.47. The zero-order valence-corrected chi connectivity index (χ0v) is 17.6.